The molecule has 2 rings (SSSR count). The van der Waals surface area contributed by atoms with Gasteiger partial charge in [0.05, 0.1) is 18.6 Å². The first-order valence-electron chi connectivity index (χ1n) is 8.63. The molecule has 0 N–H and O–H groups in total. The summed E-state index contributed by atoms with van der Waals surface area (Å²) in [6, 6.07) is 3.76. The van der Waals surface area contributed by atoms with E-state index >= 15 is 0 Å². The zero-order chi connectivity index (χ0) is 19.3. The second-order valence-electron chi connectivity index (χ2n) is 6.41. The minimum absolute atomic E-state index is 0.0390. The Bertz CT molecular complexity index is 719. The molecule has 142 valence electrons. The Hall–Kier alpha value is -1.05. The number of thioether (sulfide) groups is 1. The molecule has 0 aliphatic carbocycles. The topological polar surface area (TPSA) is 38.8 Å². The van der Waals surface area contributed by atoms with Gasteiger partial charge in [-0.3, -0.25) is 9.69 Å². The summed E-state index contributed by atoms with van der Waals surface area (Å²) in [7, 11) is 1.61. The molecule has 7 heteroatoms. The number of hydrogen-bond donors (Lipinski definition) is 0. The van der Waals surface area contributed by atoms with E-state index in [2.05, 4.69) is 36.7 Å². The molecule has 0 spiro atoms. The number of ether oxygens (including phenoxy) is 2. The summed E-state index contributed by atoms with van der Waals surface area (Å²) in [4.78, 5) is 14.9. The first kappa shape index (κ1) is 21.3. The Morgan fingerprint density at radius 3 is 2.69 bits per heavy atom. The van der Waals surface area contributed by atoms with E-state index < -0.39 is 0 Å². The van der Waals surface area contributed by atoms with Gasteiger partial charge in [-0.25, -0.2) is 0 Å². The van der Waals surface area contributed by atoms with Gasteiger partial charge in [0.2, 0.25) is 0 Å². The highest BCUT2D eigenvalue weighted by molar-refractivity contribution is 9.10. The smallest absolute Gasteiger partial charge is 0.266 e. The average Bonchev–Trinajstić information content (AvgIpc) is 2.84. The maximum atomic E-state index is 12.6. The fourth-order valence-electron chi connectivity index (χ4n) is 2.42. The quantitative estimate of drug-likeness (QED) is 0.293. The number of nitrogens with zero attached hydrogens (tertiary/aromatic N) is 1. The molecule has 0 saturated carbocycles. The molecule has 26 heavy (non-hydrogen) atoms. The van der Waals surface area contributed by atoms with Crippen molar-refractivity contribution >= 4 is 56.2 Å². The molecule has 1 aliphatic heterocycles. The Morgan fingerprint density at radius 1 is 1.35 bits per heavy atom. The summed E-state index contributed by atoms with van der Waals surface area (Å²) in [5.74, 6) is 1.66. The summed E-state index contributed by atoms with van der Waals surface area (Å²) in [6.07, 6.45) is 3.91. The van der Waals surface area contributed by atoms with Crippen molar-refractivity contribution < 1.29 is 14.3 Å². The van der Waals surface area contributed by atoms with Crippen molar-refractivity contribution in [2.75, 3.05) is 20.3 Å². The van der Waals surface area contributed by atoms with Crippen molar-refractivity contribution in [3.63, 3.8) is 0 Å². The number of methoxy groups -OCH3 is 1. The first-order valence-corrected chi connectivity index (χ1v) is 10.6. The van der Waals surface area contributed by atoms with Gasteiger partial charge in [0.1, 0.15) is 4.32 Å². The number of benzene rings is 1. The first-order chi connectivity index (χ1) is 12.4. The predicted molar refractivity (Wildman–Crippen MR) is 116 cm³/mol. The number of halogens is 1. The molecule has 0 unspecified atom stereocenters. The van der Waals surface area contributed by atoms with E-state index in [1.807, 2.05) is 18.2 Å². The Kier molecular flexibility index (Phi) is 7.98. The van der Waals surface area contributed by atoms with Crippen molar-refractivity contribution in [3.05, 3.63) is 27.1 Å². The van der Waals surface area contributed by atoms with Gasteiger partial charge in [0, 0.05) is 11.0 Å². The Balaban J connectivity index is 2.27. The number of carbonyl (C=O) groups excluding carboxylic acids is 1. The molecular weight excluding hydrogens is 434 g/mol. The van der Waals surface area contributed by atoms with Crippen LogP contribution in [0.4, 0.5) is 0 Å². The maximum Gasteiger partial charge on any atom is 0.266 e. The molecular formula is C19H24BrNO3S2. The molecule has 1 heterocycles. The monoisotopic (exact) mass is 457 g/mol. The fourth-order valence-corrected chi connectivity index (χ4v) is 4.13. The summed E-state index contributed by atoms with van der Waals surface area (Å²) >= 11 is 10.3. The minimum atomic E-state index is -0.0390. The molecule has 1 aromatic rings. The van der Waals surface area contributed by atoms with E-state index in [4.69, 9.17) is 21.7 Å². The summed E-state index contributed by atoms with van der Waals surface area (Å²) in [6.45, 7) is 7.54. The number of thiocarbonyl (C=S) groups is 1. The van der Waals surface area contributed by atoms with Gasteiger partial charge in [-0.15, -0.1) is 0 Å². The lowest BCUT2D eigenvalue weighted by Crippen LogP contribution is -2.31. The van der Waals surface area contributed by atoms with Crippen LogP contribution in [0.2, 0.25) is 0 Å². The number of rotatable bonds is 8. The van der Waals surface area contributed by atoms with E-state index in [0.717, 1.165) is 22.9 Å². The molecule has 1 aliphatic rings. The number of unbranched alkanes of at least 4 members (excludes halogenated alkanes) is 1. The van der Waals surface area contributed by atoms with Crippen LogP contribution in [0.25, 0.3) is 6.08 Å². The van der Waals surface area contributed by atoms with Crippen LogP contribution in [0.15, 0.2) is 21.5 Å². The van der Waals surface area contributed by atoms with E-state index in [1.54, 1.807) is 12.0 Å². The molecule has 0 bridgehead atoms. The molecule has 4 nitrogen and oxygen atoms in total. The highest BCUT2D eigenvalue weighted by Gasteiger charge is 2.32. The second kappa shape index (κ2) is 9.76. The molecule has 1 aromatic carbocycles. The Labute approximate surface area is 173 Å². The molecule has 0 atom stereocenters. The number of hydrogen-bond acceptors (Lipinski definition) is 5. The molecule has 0 radical (unpaired) electrons. The third-order valence-electron chi connectivity index (χ3n) is 3.75. The van der Waals surface area contributed by atoms with Gasteiger partial charge in [-0.05, 0) is 36.1 Å². The molecule has 0 aromatic heterocycles. The van der Waals surface area contributed by atoms with Gasteiger partial charge in [-0.2, -0.15) is 0 Å². The van der Waals surface area contributed by atoms with Crippen molar-refractivity contribution in [3.8, 4) is 11.5 Å². The summed E-state index contributed by atoms with van der Waals surface area (Å²) in [5.41, 5.74) is 0.856. The molecule has 1 fully saturated rings. The van der Waals surface area contributed by atoms with E-state index in [1.165, 1.54) is 11.8 Å². The van der Waals surface area contributed by atoms with Crippen LogP contribution in [0.5, 0.6) is 11.5 Å². The van der Waals surface area contributed by atoms with Gasteiger partial charge in [0.25, 0.3) is 5.91 Å². The number of carbonyl (C=O) groups is 1. The molecule has 1 saturated heterocycles. The van der Waals surface area contributed by atoms with Crippen LogP contribution in [0.1, 0.15) is 39.2 Å². The third-order valence-corrected chi connectivity index (χ3v) is 5.81. The maximum absolute atomic E-state index is 12.6. The van der Waals surface area contributed by atoms with Crippen LogP contribution in [0, 0.1) is 5.92 Å². The summed E-state index contributed by atoms with van der Waals surface area (Å²) < 4.78 is 12.7. The zero-order valence-electron chi connectivity index (χ0n) is 15.5. The summed E-state index contributed by atoms with van der Waals surface area (Å²) in [5, 5.41) is 0. The highest BCUT2D eigenvalue weighted by atomic mass is 79.9. The van der Waals surface area contributed by atoms with Crippen LogP contribution < -0.4 is 9.47 Å². The van der Waals surface area contributed by atoms with Gasteiger partial charge >= 0.3 is 0 Å². The lowest BCUT2D eigenvalue weighted by Gasteiger charge is -2.16. The van der Waals surface area contributed by atoms with Crippen molar-refractivity contribution in [2.45, 2.75) is 33.6 Å². The second-order valence-corrected chi connectivity index (χ2v) is 8.94. The third kappa shape index (κ3) is 5.24. The van der Waals surface area contributed by atoms with E-state index in [-0.39, 0.29) is 5.91 Å². The lowest BCUT2D eigenvalue weighted by atomic mass is 10.1. The van der Waals surface area contributed by atoms with Crippen LogP contribution in [-0.4, -0.2) is 35.4 Å². The fraction of sp³-hybridized carbons (Fsp3) is 0.474. The lowest BCUT2D eigenvalue weighted by molar-refractivity contribution is -0.122. The standard InChI is InChI=1S/C19H24BrNO3S2/c1-5-6-7-24-16-10-14(20)13(8-15(16)23-4)9-17-18(22)21(11-12(2)3)19(25)26-17/h8-10,12H,5-7,11H2,1-4H3/b17-9-. The van der Waals surface area contributed by atoms with E-state index in [9.17, 15) is 4.79 Å². The zero-order valence-corrected chi connectivity index (χ0v) is 18.7. The average molecular weight is 458 g/mol. The van der Waals surface area contributed by atoms with E-state index in [0.29, 0.717) is 39.8 Å². The van der Waals surface area contributed by atoms with Crippen LogP contribution in [-0.2, 0) is 4.79 Å². The van der Waals surface area contributed by atoms with Gasteiger partial charge in [0.15, 0.2) is 11.5 Å². The highest BCUT2D eigenvalue weighted by Crippen LogP contribution is 2.38. The largest absolute Gasteiger partial charge is 0.493 e. The SMILES string of the molecule is CCCCOc1cc(Br)c(/C=C2\SC(=S)N(CC(C)C)C2=O)cc1OC. The van der Waals surface area contributed by atoms with Crippen LogP contribution in [0.3, 0.4) is 0 Å². The molecule has 1 amide bonds. The Morgan fingerprint density at radius 2 is 2.08 bits per heavy atom. The predicted octanol–water partition coefficient (Wildman–Crippen LogP) is 5.49. The normalized spacial score (nSPS) is 16.1. The van der Waals surface area contributed by atoms with Gasteiger partial charge in [-0.1, -0.05) is 67.1 Å². The van der Waals surface area contributed by atoms with Crippen molar-refractivity contribution in [2.24, 2.45) is 5.92 Å². The number of amides is 1. The minimum Gasteiger partial charge on any atom is -0.493 e. The van der Waals surface area contributed by atoms with Crippen molar-refractivity contribution in [1.82, 2.24) is 4.90 Å². The van der Waals surface area contributed by atoms with Gasteiger partial charge < -0.3 is 9.47 Å². The van der Waals surface area contributed by atoms with Crippen LogP contribution >= 0.6 is 39.9 Å². The van der Waals surface area contributed by atoms with Crippen molar-refractivity contribution in [1.29, 1.82) is 0 Å².